The molecule has 0 bridgehead atoms. The topological polar surface area (TPSA) is 105 Å². The minimum atomic E-state index is -3.85. The lowest BCUT2D eigenvalue weighted by Crippen LogP contribution is -2.30. The van der Waals surface area contributed by atoms with Gasteiger partial charge in [-0.25, -0.2) is 8.42 Å². The number of carbonyl (C=O) groups is 2. The SMILES string of the molecule is COc1ccc(NC(=O)c2ccc(NC(=O)c3ccc(CN(Cc4ccccc4)S(=O)(=O)c4ccc(Cl)cc4)cc3)cc2)cc1. The number of carbonyl (C=O) groups excluding carboxylic acids is 2. The van der Waals surface area contributed by atoms with Gasteiger partial charge < -0.3 is 15.4 Å². The van der Waals surface area contributed by atoms with Gasteiger partial charge in [-0.05, 0) is 96.1 Å². The van der Waals surface area contributed by atoms with Crippen LogP contribution in [0.4, 0.5) is 11.4 Å². The predicted octanol–water partition coefficient (Wildman–Crippen LogP) is 7.24. The van der Waals surface area contributed by atoms with Crippen molar-refractivity contribution in [2.75, 3.05) is 17.7 Å². The van der Waals surface area contributed by atoms with E-state index in [9.17, 15) is 18.0 Å². The highest BCUT2D eigenvalue weighted by atomic mass is 35.5. The summed E-state index contributed by atoms with van der Waals surface area (Å²) in [6.45, 7) is 0.268. The molecule has 228 valence electrons. The smallest absolute Gasteiger partial charge is 0.255 e. The van der Waals surface area contributed by atoms with E-state index in [1.54, 1.807) is 92.0 Å². The van der Waals surface area contributed by atoms with Crippen LogP contribution in [0.5, 0.6) is 5.75 Å². The Hall–Kier alpha value is -4.96. The van der Waals surface area contributed by atoms with E-state index in [2.05, 4.69) is 10.6 Å². The number of anilines is 2. The lowest BCUT2D eigenvalue weighted by Gasteiger charge is -2.23. The van der Waals surface area contributed by atoms with Gasteiger partial charge in [-0.15, -0.1) is 0 Å². The van der Waals surface area contributed by atoms with E-state index in [1.165, 1.54) is 16.4 Å². The van der Waals surface area contributed by atoms with E-state index in [4.69, 9.17) is 16.3 Å². The number of sulfonamides is 1. The molecule has 10 heteroatoms. The summed E-state index contributed by atoms with van der Waals surface area (Å²) < 4.78 is 33.7. The summed E-state index contributed by atoms with van der Waals surface area (Å²) in [6, 6.07) is 35.7. The van der Waals surface area contributed by atoms with Crippen molar-refractivity contribution in [3.8, 4) is 5.75 Å². The second kappa shape index (κ2) is 14.2. The first-order valence-electron chi connectivity index (χ1n) is 14.0. The van der Waals surface area contributed by atoms with Gasteiger partial charge in [0.2, 0.25) is 10.0 Å². The molecule has 0 aromatic heterocycles. The average Bonchev–Trinajstić information content (AvgIpc) is 3.06. The number of hydrogen-bond donors (Lipinski definition) is 2. The number of nitrogens with zero attached hydrogens (tertiary/aromatic N) is 1. The Kier molecular flexibility index (Phi) is 9.94. The predicted molar refractivity (Wildman–Crippen MR) is 176 cm³/mol. The van der Waals surface area contributed by atoms with Crippen molar-refractivity contribution >= 4 is 44.8 Å². The Labute approximate surface area is 267 Å². The van der Waals surface area contributed by atoms with Gasteiger partial charge in [0.1, 0.15) is 5.75 Å². The van der Waals surface area contributed by atoms with E-state index in [0.717, 1.165) is 5.56 Å². The molecule has 0 aliphatic heterocycles. The molecule has 0 aliphatic carbocycles. The fourth-order valence-electron chi connectivity index (χ4n) is 4.52. The molecule has 0 atom stereocenters. The lowest BCUT2D eigenvalue weighted by molar-refractivity contribution is 0.102. The number of nitrogens with one attached hydrogen (secondary N) is 2. The number of rotatable bonds is 11. The molecule has 5 aromatic carbocycles. The van der Waals surface area contributed by atoms with Crippen LogP contribution in [0.15, 0.2) is 132 Å². The van der Waals surface area contributed by atoms with Crippen LogP contribution in [0.25, 0.3) is 0 Å². The number of ether oxygens (including phenoxy) is 1. The highest BCUT2D eigenvalue weighted by molar-refractivity contribution is 7.89. The minimum absolute atomic E-state index is 0.0990. The molecule has 2 amide bonds. The molecule has 5 aromatic rings. The van der Waals surface area contributed by atoms with Gasteiger partial charge in [-0.2, -0.15) is 4.31 Å². The zero-order chi connectivity index (χ0) is 31.8. The Morgan fingerprint density at radius 3 is 1.62 bits per heavy atom. The first-order valence-corrected chi connectivity index (χ1v) is 15.8. The number of hydrogen-bond acceptors (Lipinski definition) is 5. The van der Waals surface area contributed by atoms with Crippen LogP contribution in [0.2, 0.25) is 5.02 Å². The van der Waals surface area contributed by atoms with E-state index < -0.39 is 10.0 Å². The molecule has 0 heterocycles. The summed E-state index contributed by atoms with van der Waals surface area (Å²) in [6.07, 6.45) is 0. The second-order valence-corrected chi connectivity index (χ2v) is 12.5. The van der Waals surface area contributed by atoms with Crippen LogP contribution >= 0.6 is 11.6 Å². The molecule has 8 nitrogen and oxygen atoms in total. The van der Waals surface area contributed by atoms with Gasteiger partial charge in [0, 0.05) is 40.6 Å². The van der Waals surface area contributed by atoms with E-state index >= 15 is 0 Å². The van der Waals surface area contributed by atoms with Gasteiger partial charge in [0.25, 0.3) is 11.8 Å². The second-order valence-electron chi connectivity index (χ2n) is 10.1. The van der Waals surface area contributed by atoms with E-state index in [0.29, 0.717) is 38.8 Å². The van der Waals surface area contributed by atoms with Crippen LogP contribution in [-0.4, -0.2) is 31.6 Å². The Morgan fingerprint density at radius 2 is 1.11 bits per heavy atom. The largest absolute Gasteiger partial charge is 0.497 e. The molecule has 0 spiro atoms. The number of methoxy groups -OCH3 is 1. The Balaban J connectivity index is 1.24. The maximum Gasteiger partial charge on any atom is 0.255 e. The molecule has 45 heavy (non-hydrogen) atoms. The third-order valence-electron chi connectivity index (χ3n) is 6.98. The van der Waals surface area contributed by atoms with Crippen molar-refractivity contribution < 1.29 is 22.7 Å². The normalized spacial score (nSPS) is 11.2. The fourth-order valence-corrected chi connectivity index (χ4v) is 6.06. The first kappa shape index (κ1) is 31.5. The van der Waals surface area contributed by atoms with Crippen LogP contribution in [0.1, 0.15) is 31.8 Å². The third kappa shape index (κ3) is 8.16. The van der Waals surface area contributed by atoms with Crippen LogP contribution in [-0.2, 0) is 23.1 Å². The number of halogens is 1. The summed E-state index contributed by atoms with van der Waals surface area (Å²) in [5, 5.41) is 6.10. The van der Waals surface area contributed by atoms with Crippen molar-refractivity contribution in [3.05, 3.63) is 155 Å². The molecule has 0 saturated heterocycles. The van der Waals surface area contributed by atoms with Crippen molar-refractivity contribution in [2.45, 2.75) is 18.0 Å². The molecule has 0 unspecified atom stereocenters. The van der Waals surface area contributed by atoms with E-state index in [-0.39, 0.29) is 29.8 Å². The fraction of sp³-hybridized carbons (Fsp3) is 0.0857. The first-order chi connectivity index (χ1) is 21.7. The molecule has 0 radical (unpaired) electrons. The highest BCUT2D eigenvalue weighted by Crippen LogP contribution is 2.23. The van der Waals surface area contributed by atoms with Crippen molar-refractivity contribution in [3.63, 3.8) is 0 Å². The van der Waals surface area contributed by atoms with Gasteiger partial charge in [0.15, 0.2) is 0 Å². The monoisotopic (exact) mass is 639 g/mol. The quantitative estimate of drug-likeness (QED) is 0.158. The van der Waals surface area contributed by atoms with Crippen LogP contribution in [0.3, 0.4) is 0 Å². The van der Waals surface area contributed by atoms with Gasteiger partial charge >= 0.3 is 0 Å². The zero-order valence-electron chi connectivity index (χ0n) is 24.3. The van der Waals surface area contributed by atoms with E-state index in [1.807, 2.05) is 30.3 Å². The summed E-state index contributed by atoms with van der Waals surface area (Å²) >= 11 is 5.99. The van der Waals surface area contributed by atoms with Gasteiger partial charge in [-0.3, -0.25) is 9.59 Å². The lowest BCUT2D eigenvalue weighted by atomic mass is 10.1. The van der Waals surface area contributed by atoms with Crippen molar-refractivity contribution in [1.29, 1.82) is 0 Å². The summed E-state index contributed by atoms with van der Waals surface area (Å²) in [7, 11) is -2.28. The molecule has 0 fully saturated rings. The summed E-state index contributed by atoms with van der Waals surface area (Å²) in [5.74, 6) is 0.0646. The maximum absolute atomic E-state index is 13.6. The van der Waals surface area contributed by atoms with Gasteiger partial charge in [-0.1, -0.05) is 54.1 Å². The average molecular weight is 640 g/mol. The third-order valence-corrected chi connectivity index (χ3v) is 9.04. The number of benzene rings is 5. The molecular weight excluding hydrogens is 610 g/mol. The molecule has 2 N–H and O–H groups in total. The summed E-state index contributed by atoms with van der Waals surface area (Å²) in [4.78, 5) is 25.7. The Bertz CT molecular complexity index is 1860. The molecular formula is C35H30ClN3O5S. The van der Waals surface area contributed by atoms with Crippen LogP contribution < -0.4 is 15.4 Å². The maximum atomic E-state index is 13.6. The van der Waals surface area contributed by atoms with Crippen molar-refractivity contribution in [1.82, 2.24) is 4.31 Å². The molecule has 5 rings (SSSR count). The minimum Gasteiger partial charge on any atom is -0.497 e. The van der Waals surface area contributed by atoms with Crippen LogP contribution in [0, 0.1) is 0 Å². The molecule has 0 aliphatic rings. The van der Waals surface area contributed by atoms with Crippen molar-refractivity contribution in [2.24, 2.45) is 0 Å². The molecule has 0 saturated carbocycles. The highest BCUT2D eigenvalue weighted by Gasteiger charge is 2.25. The summed E-state index contributed by atoms with van der Waals surface area (Å²) in [5.41, 5.74) is 3.54. The Morgan fingerprint density at radius 1 is 0.644 bits per heavy atom. The zero-order valence-corrected chi connectivity index (χ0v) is 25.9. The standard InChI is InChI=1S/C35H30ClN3O5S/c1-44-32-19-17-31(18-20-32)38-35(41)28-11-15-30(16-12-28)37-34(40)27-9-7-26(8-10-27)24-39(23-25-5-3-2-4-6-25)45(42,43)33-21-13-29(36)14-22-33/h2-22H,23-24H2,1H3,(H,37,40)(H,38,41). The number of amides is 2. The van der Waals surface area contributed by atoms with Gasteiger partial charge in [0.05, 0.1) is 12.0 Å².